The van der Waals surface area contributed by atoms with E-state index in [1.165, 1.54) is 0 Å². The lowest BCUT2D eigenvalue weighted by Crippen LogP contribution is -1.91. The highest BCUT2D eigenvalue weighted by molar-refractivity contribution is 7.15. The van der Waals surface area contributed by atoms with Gasteiger partial charge in [-0.1, -0.05) is 40.6 Å². The van der Waals surface area contributed by atoms with E-state index in [1.54, 1.807) is 18.2 Å². The zero-order valence-corrected chi connectivity index (χ0v) is 11.4. The van der Waals surface area contributed by atoms with Gasteiger partial charge in [-0.2, -0.15) is 4.98 Å². The van der Waals surface area contributed by atoms with Crippen molar-refractivity contribution in [2.45, 2.75) is 6.92 Å². The number of hydrogen-bond donors (Lipinski definition) is 1. The van der Waals surface area contributed by atoms with Gasteiger partial charge in [0, 0.05) is 5.02 Å². The number of nitrogens with zero attached hydrogens (tertiary/aromatic N) is 1. The van der Waals surface area contributed by atoms with E-state index in [9.17, 15) is 4.79 Å². The average molecular weight is 304 g/mol. The van der Waals surface area contributed by atoms with Crippen molar-refractivity contribution in [3.63, 3.8) is 0 Å². The first-order valence-corrected chi connectivity index (χ1v) is 6.38. The molecule has 0 amide bonds. The summed E-state index contributed by atoms with van der Waals surface area (Å²) in [5.74, 6) is -0.611. The molecule has 0 aliphatic heterocycles. The molecule has 0 spiro atoms. The van der Waals surface area contributed by atoms with Gasteiger partial charge in [-0.25, -0.2) is 4.79 Å². The summed E-state index contributed by atoms with van der Waals surface area (Å²) in [5.41, 5.74) is 0.864. The molecule has 2 rings (SSSR count). The molecule has 0 saturated carbocycles. The first-order chi connectivity index (χ1) is 8.47. The first-order valence-electron chi connectivity index (χ1n) is 4.81. The Morgan fingerprint density at radius 1 is 1.44 bits per heavy atom. The maximum Gasteiger partial charge on any atom is 0.349 e. The molecule has 4 nitrogen and oxygen atoms in total. The predicted molar refractivity (Wildman–Crippen MR) is 70.3 cm³/mol. The quantitative estimate of drug-likeness (QED) is 0.921. The van der Waals surface area contributed by atoms with E-state index in [4.69, 9.17) is 33.0 Å². The van der Waals surface area contributed by atoms with Gasteiger partial charge < -0.3 is 9.84 Å². The normalized spacial score (nSPS) is 10.4. The minimum Gasteiger partial charge on any atom is -0.477 e. The second-order valence-electron chi connectivity index (χ2n) is 3.42. The highest BCUT2D eigenvalue weighted by atomic mass is 35.5. The zero-order chi connectivity index (χ0) is 13.3. The van der Waals surface area contributed by atoms with E-state index in [-0.39, 0.29) is 15.2 Å². The molecule has 0 unspecified atom stereocenters. The maximum absolute atomic E-state index is 10.8. The van der Waals surface area contributed by atoms with Gasteiger partial charge in [0.05, 0.1) is 0 Å². The smallest absolute Gasteiger partial charge is 0.349 e. The maximum atomic E-state index is 10.8. The Bertz CT molecular complexity index is 612. The highest BCUT2D eigenvalue weighted by Crippen LogP contribution is 2.34. The number of carboxylic acid groups (broad SMARTS) is 1. The molecule has 0 aliphatic rings. The van der Waals surface area contributed by atoms with Gasteiger partial charge in [-0.05, 0) is 24.6 Å². The Labute approximate surface area is 117 Å². The molecule has 1 N–H and O–H groups in total. The summed E-state index contributed by atoms with van der Waals surface area (Å²) >= 11 is 12.4. The molecule has 2 aromatic rings. The van der Waals surface area contributed by atoms with E-state index in [0.29, 0.717) is 10.8 Å². The fraction of sp³-hybridized carbons (Fsp3) is 0.0909. The van der Waals surface area contributed by atoms with Crippen LogP contribution in [0.15, 0.2) is 18.2 Å². The van der Waals surface area contributed by atoms with Gasteiger partial charge in [0.1, 0.15) is 5.75 Å². The van der Waals surface area contributed by atoms with E-state index in [0.717, 1.165) is 16.9 Å². The van der Waals surface area contributed by atoms with Crippen LogP contribution in [0.3, 0.4) is 0 Å². The molecule has 7 heteroatoms. The summed E-state index contributed by atoms with van der Waals surface area (Å²) in [6, 6.07) is 5.17. The summed E-state index contributed by atoms with van der Waals surface area (Å²) in [6.45, 7) is 1.85. The van der Waals surface area contributed by atoms with Crippen LogP contribution in [-0.2, 0) is 0 Å². The molecule has 0 radical (unpaired) electrons. The van der Waals surface area contributed by atoms with Crippen LogP contribution in [-0.4, -0.2) is 16.1 Å². The molecular formula is C11H7Cl2NO3S. The molecule has 18 heavy (non-hydrogen) atoms. The lowest BCUT2D eigenvalue weighted by Gasteiger charge is -2.05. The number of hydrogen-bond acceptors (Lipinski definition) is 4. The number of carbonyl (C=O) groups is 1. The van der Waals surface area contributed by atoms with Crippen molar-refractivity contribution in [1.29, 1.82) is 0 Å². The fourth-order valence-corrected chi connectivity index (χ4v) is 2.38. The Morgan fingerprint density at radius 2 is 2.17 bits per heavy atom. The molecule has 1 aromatic carbocycles. The van der Waals surface area contributed by atoms with E-state index in [2.05, 4.69) is 4.98 Å². The number of benzene rings is 1. The molecule has 0 saturated heterocycles. The first kappa shape index (κ1) is 13.1. The van der Waals surface area contributed by atoms with Crippen molar-refractivity contribution in [1.82, 2.24) is 4.98 Å². The van der Waals surface area contributed by atoms with Crippen LogP contribution in [0.25, 0.3) is 0 Å². The van der Waals surface area contributed by atoms with Crippen molar-refractivity contribution in [3.05, 3.63) is 38.8 Å². The number of ether oxygens (including phenoxy) is 1. The summed E-state index contributed by atoms with van der Waals surface area (Å²) in [6.07, 6.45) is 0. The molecule has 94 valence electrons. The second-order valence-corrected chi connectivity index (χ2v) is 5.17. The van der Waals surface area contributed by atoms with Crippen molar-refractivity contribution in [2.24, 2.45) is 0 Å². The number of aromatic nitrogens is 1. The van der Waals surface area contributed by atoms with Crippen LogP contribution in [0.4, 0.5) is 0 Å². The number of aromatic carboxylic acids is 1. The number of carboxylic acids is 1. The number of aryl methyl sites for hydroxylation is 1. The number of halogens is 2. The minimum atomic E-state index is -1.13. The Morgan fingerprint density at radius 3 is 2.78 bits per heavy atom. The topological polar surface area (TPSA) is 59.4 Å². The van der Waals surface area contributed by atoms with E-state index < -0.39 is 5.97 Å². The minimum absolute atomic E-state index is 0.0497. The molecule has 0 aliphatic carbocycles. The standard InChI is InChI=1S/C11H7Cl2NO3S/c1-5-2-3-6(12)4-7(5)17-11-14-9(13)8(18-11)10(15)16/h2-4H,1H3,(H,15,16). The largest absolute Gasteiger partial charge is 0.477 e. The van der Waals surface area contributed by atoms with Crippen molar-refractivity contribution in [2.75, 3.05) is 0 Å². The number of rotatable bonds is 3. The molecule has 1 aromatic heterocycles. The summed E-state index contributed by atoms with van der Waals surface area (Å²) in [4.78, 5) is 14.6. The average Bonchev–Trinajstić information content (AvgIpc) is 2.65. The highest BCUT2D eigenvalue weighted by Gasteiger charge is 2.17. The molecule has 0 bridgehead atoms. The molecule has 0 fully saturated rings. The van der Waals surface area contributed by atoms with Crippen molar-refractivity contribution < 1.29 is 14.6 Å². The van der Waals surface area contributed by atoms with Gasteiger partial charge in [0.2, 0.25) is 0 Å². The van der Waals surface area contributed by atoms with Crippen molar-refractivity contribution >= 4 is 40.5 Å². The number of thiazole rings is 1. The summed E-state index contributed by atoms with van der Waals surface area (Å²) in [5, 5.41) is 9.47. The van der Waals surface area contributed by atoms with Gasteiger partial charge in [0.15, 0.2) is 10.0 Å². The van der Waals surface area contributed by atoms with Gasteiger partial charge in [0.25, 0.3) is 5.19 Å². The van der Waals surface area contributed by atoms with E-state index >= 15 is 0 Å². The van der Waals surface area contributed by atoms with Gasteiger partial charge in [-0.3, -0.25) is 0 Å². The molecule has 0 atom stereocenters. The summed E-state index contributed by atoms with van der Waals surface area (Å²) < 4.78 is 5.48. The Balaban J connectivity index is 2.31. The van der Waals surface area contributed by atoms with Crippen LogP contribution in [0.1, 0.15) is 15.2 Å². The predicted octanol–water partition coefficient (Wildman–Crippen LogP) is 4.25. The second kappa shape index (κ2) is 5.14. The lowest BCUT2D eigenvalue weighted by molar-refractivity contribution is 0.0702. The molecular weight excluding hydrogens is 297 g/mol. The van der Waals surface area contributed by atoms with Crippen LogP contribution >= 0.6 is 34.5 Å². The van der Waals surface area contributed by atoms with Crippen LogP contribution in [0.5, 0.6) is 10.9 Å². The Hall–Kier alpha value is -1.30. The third-order valence-electron chi connectivity index (χ3n) is 2.11. The zero-order valence-electron chi connectivity index (χ0n) is 9.11. The fourth-order valence-electron chi connectivity index (χ4n) is 1.24. The SMILES string of the molecule is Cc1ccc(Cl)cc1Oc1nc(Cl)c(C(=O)O)s1. The third kappa shape index (κ3) is 2.75. The lowest BCUT2D eigenvalue weighted by atomic mass is 10.2. The van der Waals surface area contributed by atoms with Crippen LogP contribution in [0.2, 0.25) is 10.2 Å². The Kier molecular flexibility index (Phi) is 3.75. The van der Waals surface area contributed by atoms with Gasteiger partial charge in [-0.15, -0.1) is 0 Å². The summed E-state index contributed by atoms with van der Waals surface area (Å²) in [7, 11) is 0. The van der Waals surface area contributed by atoms with Crippen molar-refractivity contribution in [3.8, 4) is 10.9 Å². The van der Waals surface area contributed by atoms with Crippen LogP contribution in [0, 0.1) is 6.92 Å². The van der Waals surface area contributed by atoms with E-state index in [1.807, 2.05) is 6.92 Å². The monoisotopic (exact) mass is 303 g/mol. The van der Waals surface area contributed by atoms with Crippen LogP contribution < -0.4 is 4.74 Å². The third-order valence-corrected chi connectivity index (χ3v) is 3.65. The molecule has 1 heterocycles. The van der Waals surface area contributed by atoms with Gasteiger partial charge >= 0.3 is 5.97 Å².